The van der Waals surface area contributed by atoms with Crippen LogP contribution in [-0.2, 0) is 20.3 Å². The number of hydrogen-bond donors (Lipinski definition) is 1. The predicted octanol–water partition coefficient (Wildman–Crippen LogP) is 0.676. The molecule has 3 rings (SSSR count). The van der Waals surface area contributed by atoms with Crippen molar-refractivity contribution in [3.8, 4) is 0 Å². The Morgan fingerprint density at radius 3 is 2.50 bits per heavy atom. The van der Waals surface area contributed by atoms with E-state index in [1.807, 2.05) is 33.8 Å². The molecule has 0 bridgehead atoms. The largest absolute Gasteiger partial charge is 0.496 e. The fraction of sp³-hybridized carbons (Fsp3) is 0.583. The van der Waals surface area contributed by atoms with Gasteiger partial charge in [0.2, 0.25) is 0 Å². The number of fused-ring (bicyclic) bond motifs is 1. The molecular weight excluding hydrogens is 277 g/mol. The van der Waals surface area contributed by atoms with E-state index in [1.165, 1.54) is 4.41 Å². The van der Waals surface area contributed by atoms with Gasteiger partial charge in [-0.1, -0.05) is 0 Å². The zero-order chi connectivity index (χ0) is 14.7. The smallest absolute Gasteiger partial charge is 0.399 e. The minimum atomic E-state index is -1.24. The average molecular weight is 295 g/mol. The maximum atomic E-state index is 12.1. The molecule has 0 radical (unpaired) electrons. The normalized spacial score (nSPS) is 27.4. The van der Waals surface area contributed by atoms with Gasteiger partial charge in [-0.3, -0.25) is 5.43 Å². The second-order valence-corrected chi connectivity index (χ2v) is 7.55. The molecule has 1 aromatic rings. The number of nitrogens with one attached hydrogen (secondary N) is 1. The van der Waals surface area contributed by atoms with Gasteiger partial charge in [-0.05, 0) is 33.8 Å². The van der Waals surface area contributed by atoms with Gasteiger partial charge in [-0.2, -0.15) is 0 Å². The number of aromatic nitrogens is 1. The standard InChI is InChI=1S/C12H18BN3O3S/c1-11(2)12(3,4)19-13(18-11)8-6-9-10(14-7-8)15-16(5)20(9)17/h6-7H,1-5H3,(H,14,15). The Morgan fingerprint density at radius 1 is 1.30 bits per heavy atom. The van der Waals surface area contributed by atoms with Crippen LogP contribution in [0, 0.1) is 0 Å². The molecule has 1 atom stereocenters. The third-order valence-corrected chi connectivity index (χ3v) is 5.38. The SMILES string of the molecule is CN1Nc2ncc(B3OC(C)(C)C(C)(C)O3)cc2S1=O. The molecule has 2 aliphatic rings. The molecule has 1 saturated heterocycles. The van der Waals surface area contributed by atoms with E-state index in [4.69, 9.17) is 9.31 Å². The van der Waals surface area contributed by atoms with Crippen molar-refractivity contribution in [3.05, 3.63) is 12.3 Å². The van der Waals surface area contributed by atoms with Crippen LogP contribution < -0.4 is 10.9 Å². The number of nitrogens with zero attached hydrogens (tertiary/aromatic N) is 2. The molecule has 2 aliphatic heterocycles. The maximum Gasteiger partial charge on any atom is 0.496 e. The zero-order valence-electron chi connectivity index (χ0n) is 12.3. The first-order chi connectivity index (χ1) is 9.21. The van der Waals surface area contributed by atoms with Gasteiger partial charge in [0.15, 0.2) is 5.82 Å². The molecule has 6 nitrogen and oxygen atoms in total. The number of hydrazine groups is 1. The molecule has 1 fully saturated rings. The third kappa shape index (κ3) is 1.98. The highest BCUT2D eigenvalue weighted by Crippen LogP contribution is 2.36. The quantitative estimate of drug-likeness (QED) is 0.772. The van der Waals surface area contributed by atoms with Gasteiger partial charge in [0.1, 0.15) is 11.0 Å². The van der Waals surface area contributed by atoms with Gasteiger partial charge in [0, 0.05) is 18.7 Å². The first-order valence-electron chi connectivity index (χ1n) is 6.49. The summed E-state index contributed by atoms with van der Waals surface area (Å²) in [5, 5.41) is 0. The summed E-state index contributed by atoms with van der Waals surface area (Å²) in [5.74, 6) is 0.617. The van der Waals surface area contributed by atoms with Crippen molar-refractivity contribution in [2.24, 2.45) is 0 Å². The van der Waals surface area contributed by atoms with E-state index in [1.54, 1.807) is 13.2 Å². The van der Waals surface area contributed by atoms with Crippen LogP contribution in [0.15, 0.2) is 17.2 Å². The van der Waals surface area contributed by atoms with Crippen LogP contribution >= 0.6 is 0 Å². The molecule has 20 heavy (non-hydrogen) atoms. The van der Waals surface area contributed by atoms with Crippen LogP contribution in [0.5, 0.6) is 0 Å². The number of hydrogen-bond acceptors (Lipinski definition) is 5. The summed E-state index contributed by atoms with van der Waals surface area (Å²) in [5.41, 5.74) is 2.93. The lowest BCUT2D eigenvalue weighted by Gasteiger charge is -2.32. The lowest BCUT2D eigenvalue weighted by molar-refractivity contribution is 0.00578. The van der Waals surface area contributed by atoms with Crippen LogP contribution in [0.25, 0.3) is 0 Å². The van der Waals surface area contributed by atoms with E-state index in [-0.39, 0.29) is 0 Å². The second-order valence-electron chi connectivity index (χ2n) is 6.06. The van der Waals surface area contributed by atoms with Crippen LogP contribution in [0.2, 0.25) is 0 Å². The van der Waals surface area contributed by atoms with Crippen molar-refractivity contribution in [1.82, 2.24) is 9.40 Å². The molecule has 1 aromatic heterocycles. The number of pyridine rings is 1. The monoisotopic (exact) mass is 295 g/mol. The predicted molar refractivity (Wildman–Crippen MR) is 77.7 cm³/mol. The lowest BCUT2D eigenvalue weighted by atomic mass is 9.80. The Morgan fingerprint density at radius 2 is 1.90 bits per heavy atom. The summed E-state index contributed by atoms with van der Waals surface area (Å²) >= 11 is 0. The van der Waals surface area contributed by atoms with Gasteiger partial charge in [0.05, 0.1) is 16.1 Å². The highest BCUT2D eigenvalue weighted by Gasteiger charge is 2.52. The van der Waals surface area contributed by atoms with Crippen LogP contribution in [-0.4, -0.2) is 39.0 Å². The minimum absolute atomic E-state index is 0.398. The Labute approximate surface area is 121 Å². The molecule has 1 N–H and O–H groups in total. The highest BCUT2D eigenvalue weighted by molar-refractivity contribution is 7.83. The molecule has 1 unspecified atom stereocenters. The fourth-order valence-corrected chi connectivity index (χ4v) is 3.09. The molecule has 0 spiro atoms. The van der Waals surface area contributed by atoms with Crippen molar-refractivity contribution in [1.29, 1.82) is 0 Å². The lowest BCUT2D eigenvalue weighted by Crippen LogP contribution is -2.41. The first-order valence-corrected chi connectivity index (χ1v) is 7.60. The third-order valence-electron chi connectivity index (χ3n) is 4.10. The highest BCUT2D eigenvalue weighted by atomic mass is 32.2. The van der Waals surface area contributed by atoms with E-state index >= 15 is 0 Å². The van der Waals surface area contributed by atoms with E-state index in [9.17, 15) is 4.21 Å². The van der Waals surface area contributed by atoms with Gasteiger partial charge in [0.25, 0.3) is 0 Å². The van der Waals surface area contributed by atoms with E-state index < -0.39 is 29.3 Å². The summed E-state index contributed by atoms with van der Waals surface area (Å²) in [4.78, 5) is 4.95. The molecule has 0 aromatic carbocycles. The minimum Gasteiger partial charge on any atom is -0.399 e. The van der Waals surface area contributed by atoms with E-state index in [2.05, 4.69) is 10.4 Å². The topological polar surface area (TPSA) is 63.7 Å². The summed E-state index contributed by atoms with van der Waals surface area (Å²) in [7, 11) is -0.0136. The fourth-order valence-electron chi connectivity index (χ4n) is 2.12. The van der Waals surface area contributed by atoms with Crippen molar-refractivity contribution in [2.45, 2.75) is 43.8 Å². The Kier molecular flexibility index (Phi) is 2.99. The second kappa shape index (κ2) is 4.27. The summed E-state index contributed by atoms with van der Waals surface area (Å²) in [6.07, 6.45) is 1.70. The van der Waals surface area contributed by atoms with Gasteiger partial charge in [-0.25, -0.2) is 9.19 Å². The molecular formula is C12H18BN3O3S. The van der Waals surface area contributed by atoms with Gasteiger partial charge in [-0.15, -0.1) is 4.41 Å². The number of rotatable bonds is 1. The van der Waals surface area contributed by atoms with Crippen molar-refractivity contribution >= 4 is 29.4 Å². The Hall–Kier alpha value is -0.955. The van der Waals surface area contributed by atoms with Crippen LogP contribution in [0.3, 0.4) is 0 Å². The first kappa shape index (κ1) is 14.0. The molecule has 3 heterocycles. The number of anilines is 1. The van der Waals surface area contributed by atoms with Crippen molar-refractivity contribution in [2.75, 3.05) is 12.5 Å². The molecule has 108 valence electrons. The maximum absolute atomic E-state index is 12.1. The zero-order valence-corrected chi connectivity index (χ0v) is 13.1. The van der Waals surface area contributed by atoms with Crippen molar-refractivity contribution in [3.63, 3.8) is 0 Å². The van der Waals surface area contributed by atoms with Crippen LogP contribution in [0.4, 0.5) is 5.82 Å². The van der Waals surface area contributed by atoms with Crippen LogP contribution in [0.1, 0.15) is 27.7 Å². The summed E-state index contributed by atoms with van der Waals surface area (Å²) < 4.78 is 25.5. The van der Waals surface area contributed by atoms with Gasteiger partial charge >= 0.3 is 7.12 Å². The van der Waals surface area contributed by atoms with E-state index in [0.29, 0.717) is 10.7 Å². The van der Waals surface area contributed by atoms with Gasteiger partial charge < -0.3 is 9.31 Å². The molecule has 8 heteroatoms. The average Bonchev–Trinajstić information content (AvgIpc) is 2.74. The molecule has 0 aliphatic carbocycles. The molecule has 0 amide bonds. The van der Waals surface area contributed by atoms with E-state index in [0.717, 1.165) is 5.46 Å². The Bertz CT molecular complexity index is 577. The summed E-state index contributed by atoms with van der Waals surface area (Å²) in [6, 6.07) is 1.83. The Balaban J connectivity index is 1.93. The van der Waals surface area contributed by atoms with Crippen molar-refractivity contribution < 1.29 is 13.5 Å². The molecule has 0 saturated carbocycles. The summed E-state index contributed by atoms with van der Waals surface area (Å²) in [6.45, 7) is 8.01.